The zero-order valence-electron chi connectivity index (χ0n) is 3.66. The second-order valence-electron chi connectivity index (χ2n) is 1.39. The second-order valence-corrected chi connectivity index (χ2v) is 1.39. The Morgan fingerprint density at radius 1 is 1.40 bits per heavy atom. The van der Waals surface area contributed by atoms with Gasteiger partial charge in [-0.3, -0.25) is 0 Å². The van der Waals surface area contributed by atoms with Gasteiger partial charge in [0.15, 0.2) is 0 Å². The van der Waals surface area contributed by atoms with E-state index in [1.807, 2.05) is 0 Å². The summed E-state index contributed by atoms with van der Waals surface area (Å²) in [7, 11) is 0. The van der Waals surface area contributed by atoms with E-state index in [4.69, 9.17) is 0 Å². The van der Waals surface area contributed by atoms with Gasteiger partial charge < -0.3 is 0 Å². The monoisotopic (exact) mass is 112 g/mol. The first-order chi connectivity index (χ1) is 1.73. The van der Waals surface area contributed by atoms with Crippen molar-refractivity contribution in [2.24, 2.45) is 5.92 Å². The fourth-order valence-corrected chi connectivity index (χ4v) is 0. The average molecular weight is 112 g/mol. The maximum Gasteiger partial charge on any atom is 0 e. The van der Waals surface area contributed by atoms with Crippen LogP contribution in [0.3, 0.4) is 0 Å². The van der Waals surface area contributed by atoms with Crippen LogP contribution in [0.25, 0.3) is 0 Å². The number of hydrogen-bond acceptors (Lipinski definition) is 0. The third-order valence-electron chi connectivity index (χ3n) is 0. The van der Waals surface area contributed by atoms with Crippen molar-refractivity contribution in [1.29, 1.82) is 0 Å². The molecule has 0 aliphatic heterocycles. The second kappa shape index (κ2) is 4.52. The predicted octanol–water partition coefficient (Wildman–Crippen LogP) is 1.47. The fraction of sp³-hybridized carbons (Fsp3) is 0.750. The molecule has 2 radical (unpaired) electrons. The van der Waals surface area contributed by atoms with Crippen LogP contribution >= 0.6 is 0 Å². The third-order valence-corrected chi connectivity index (χ3v) is 0. The van der Waals surface area contributed by atoms with Crippen LogP contribution in [0.15, 0.2) is 0 Å². The molecule has 0 N–H and O–H groups in total. The molecule has 0 aliphatic rings. The summed E-state index contributed by atoms with van der Waals surface area (Å²) in [5.41, 5.74) is 0. The van der Waals surface area contributed by atoms with Gasteiger partial charge in [0.1, 0.15) is 0 Å². The van der Waals surface area contributed by atoms with E-state index in [9.17, 15) is 0 Å². The van der Waals surface area contributed by atoms with Gasteiger partial charge in [0.25, 0.3) is 0 Å². The van der Waals surface area contributed by atoms with Crippen molar-refractivity contribution >= 4 is 0 Å². The molecule has 0 fully saturated rings. The van der Waals surface area contributed by atoms with E-state index in [1.165, 1.54) is 0 Å². The molecule has 5 heavy (non-hydrogen) atoms. The van der Waals surface area contributed by atoms with E-state index >= 15 is 0 Å². The summed E-state index contributed by atoms with van der Waals surface area (Å²) in [6, 6.07) is 0. The summed E-state index contributed by atoms with van der Waals surface area (Å²) in [5, 5.41) is 0. The van der Waals surface area contributed by atoms with E-state index < -0.39 is 0 Å². The molecule has 1 heteroatoms. The summed E-state index contributed by atoms with van der Waals surface area (Å²) in [4.78, 5) is 0. The minimum absolute atomic E-state index is 0. The first-order valence-corrected chi connectivity index (χ1v) is 1.56. The smallest absolute Gasteiger partial charge is 0 e. The molecule has 0 saturated heterocycles. The average Bonchev–Trinajstić information content (AvgIpc) is 0.811. The van der Waals surface area contributed by atoms with Crippen LogP contribution in [-0.2, 0) is 17.1 Å². The zero-order chi connectivity index (χ0) is 3.58. The molecule has 0 aromatic heterocycles. The molecular formula is C4H9Mn. The first kappa shape index (κ1) is 9.10. The summed E-state index contributed by atoms with van der Waals surface area (Å²) in [6.45, 7) is 7.75. The van der Waals surface area contributed by atoms with E-state index in [0.29, 0.717) is 5.92 Å². The molecule has 0 spiro atoms. The molecule has 0 amide bonds. The van der Waals surface area contributed by atoms with E-state index in [0.717, 1.165) is 0 Å². The molecule has 0 aromatic rings. The molecular weight excluding hydrogens is 103 g/mol. The zero-order valence-corrected chi connectivity index (χ0v) is 4.84. The van der Waals surface area contributed by atoms with Crippen LogP contribution in [0.1, 0.15) is 13.8 Å². The van der Waals surface area contributed by atoms with Gasteiger partial charge in [-0.1, -0.05) is 20.8 Å². The van der Waals surface area contributed by atoms with Crippen molar-refractivity contribution in [2.75, 3.05) is 0 Å². The van der Waals surface area contributed by atoms with Gasteiger partial charge in [-0.15, -0.1) is 0 Å². The van der Waals surface area contributed by atoms with Crippen LogP contribution in [0.4, 0.5) is 0 Å². The minimum atomic E-state index is 0. The van der Waals surface area contributed by atoms with Gasteiger partial charge in [0.05, 0.1) is 0 Å². The molecule has 0 unspecified atom stereocenters. The number of hydrogen-bond donors (Lipinski definition) is 0. The van der Waals surface area contributed by atoms with Crippen molar-refractivity contribution in [2.45, 2.75) is 13.8 Å². The molecule has 0 aromatic carbocycles. The third kappa shape index (κ3) is 106. The molecule has 0 nitrogen and oxygen atoms in total. The van der Waals surface area contributed by atoms with E-state index in [1.54, 1.807) is 0 Å². The van der Waals surface area contributed by atoms with Crippen LogP contribution in [-0.4, -0.2) is 0 Å². The molecule has 0 bridgehead atoms. The van der Waals surface area contributed by atoms with E-state index in [-0.39, 0.29) is 17.1 Å². The fourth-order valence-electron chi connectivity index (χ4n) is 0. The van der Waals surface area contributed by atoms with Crippen LogP contribution < -0.4 is 0 Å². The Bertz CT molecular complexity index is 8.36. The Morgan fingerprint density at radius 2 is 1.40 bits per heavy atom. The van der Waals surface area contributed by atoms with Crippen LogP contribution in [0.5, 0.6) is 0 Å². The Kier molecular flexibility index (Phi) is 8.23. The van der Waals surface area contributed by atoms with Crippen molar-refractivity contribution in [3.8, 4) is 0 Å². The molecule has 0 saturated carbocycles. The van der Waals surface area contributed by atoms with Crippen molar-refractivity contribution in [1.82, 2.24) is 0 Å². The van der Waals surface area contributed by atoms with Gasteiger partial charge in [0.2, 0.25) is 0 Å². The molecule has 0 atom stereocenters. The van der Waals surface area contributed by atoms with Gasteiger partial charge >= 0.3 is 0 Å². The normalized spacial score (nSPS) is 7.20. The van der Waals surface area contributed by atoms with Gasteiger partial charge in [-0.05, 0) is 5.92 Å². The molecule has 32 valence electrons. The van der Waals surface area contributed by atoms with E-state index in [2.05, 4.69) is 20.8 Å². The summed E-state index contributed by atoms with van der Waals surface area (Å²) < 4.78 is 0. The van der Waals surface area contributed by atoms with Gasteiger partial charge in [0, 0.05) is 17.1 Å². The quantitative estimate of drug-likeness (QED) is 0.416. The summed E-state index contributed by atoms with van der Waals surface area (Å²) >= 11 is 0. The van der Waals surface area contributed by atoms with Crippen molar-refractivity contribution < 1.29 is 17.1 Å². The van der Waals surface area contributed by atoms with Gasteiger partial charge in [-0.25, -0.2) is 0 Å². The predicted molar refractivity (Wildman–Crippen MR) is 20.2 cm³/mol. The Labute approximate surface area is 44.4 Å². The Balaban J connectivity index is 0. The summed E-state index contributed by atoms with van der Waals surface area (Å²) in [6.07, 6.45) is 0. The van der Waals surface area contributed by atoms with Crippen LogP contribution in [0.2, 0.25) is 0 Å². The van der Waals surface area contributed by atoms with Crippen molar-refractivity contribution in [3.63, 3.8) is 0 Å². The van der Waals surface area contributed by atoms with Crippen molar-refractivity contribution in [3.05, 3.63) is 6.92 Å². The maximum absolute atomic E-state index is 3.64. The maximum atomic E-state index is 3.64. The topological polar surface area (TPSA) is 0 Å². The van der Waals surface area contributed by atoms with Gasteiger partial charge in [-0.2, -0.15) is 0 Å². The Morgan fingerprint density at radius 3 is 1.40 bits per heavy atom. The molecule has 0 aliphatic carbocycles. The molecule has 0 heterocycles. The first-order valence-electron chi connectivity index (χ1n) is 1.56. The molecule has 0 rings (SSSR count). The largest absolute Gasteiger partial charge is 0.0628 e. The SMILES string of the molecule is [CH2]C(C)C.[Mn]. The standard InChI is InChI=1S/C4H9.Mn/c1-4(2)3;/h4H,1H2,2-3H3;. The Hall–Kier alpha value is 0.519. The summed E-state index contributed by atoms with van der Waals surface area (Å²) in [5.74, 6) is 0.583. The van der Waals surface area contributed by atoms with Crippen LogP contribution in [0, 0.1) is 12.8 Å². The minimum Gasteiger partial charge on any atom is -0.0628 e. The number of rotatable bonds is 0.